The maximum atomic E-state index is 12.6. The van der Waals surface area contributed by atoms with Gasteiger partial charge in [0.2, 0.25) is 17.7 Å². The third-order valence-corrected chi connectivity index (χ3v) is 16.6. The Morgan fingerprint density at radius 1 is 0.472 bits per heavy atom. The molecule has 2 unspecified atom stereocenters. The zero-order chi connectivity index (χ0) is 51.7. The van der Waals surface area contributed by atoms with Crippen LogP contribution in [-0.2, 0) is 14.4 Å². The van der Waals surface area contributed by atoms with E-state index in [1.54, 1.807) is 37.7 Å². The first-order valence-corrected chi connectivity index (χ1v) is 31.3. The van der Waals surface area contributed by atoms with Crippen molar-refractivity contribution in [3.05, 3.63) is 53.6 Å². The summed E-state index contributed by atoms with van der Waals surface area (Å²) in [5, 5.41) is 16.1. The zero-order valence-corrected chi connectivity index (χ0v) is 47.8. The quantitative estimate of drug-likeness (QED) is 0.0413. The van der Waals surface area contributed by atoms with Crippen molar-refractivity contribution in [2.24, 2.45) is 0 Å². The van der Waals surface area contributed by atoms with Gasteiger partial charge < -0.3 is 25.4 Å². The molecule has 4 atom stereocenters. The average molecular weight is 1040 g/mol. The van der Waals surface area contributed by atoms with Crippen LogP contribution in [0, 0.1) is 0 Å². The minimum Gasteiger partial charge on any atom is -0.493 e. The molecule has 2 aromatic rings. The van der Waals surface area contributed by atoms with Gasteiger partial charge >= 0.3 is 0 Å². The normalized spacial score (nSPS) is 17.3. The SMILES string of the molecule is CCCCCCCCCCCCCCCCCCNC(=O)[C@@H]1CSC(c2ccc(NC(C)=O)cc2)N1.CCCCCCCCCCCCCCCCCCNC(=O)[C@H]1CSC(c2ccc(OC)c(OC)c2)N1. The first kappa shape index (κ1) is 63.4. The molecule has 0 aliphatic carbocycles. The van der Waals surface area contributed by atoms with E-state index in [1.807, 2.05) is 42.5 Å². The van der Waals surface area contributed by atoms with Crippen LogP contribution in [0.2, 0.25) is 0 Å². The Kier molecular flexibility index (Phi) is 37.2. The van der Waals surface area contributed by atoms with E-state index in [4.69, 9.17) is 9.47 Å². The molecule has 72 heavy (non-hydrogen) atoms. The Labute approximate surface area is 448 Å². The maximum absolute atomic E-state index is 12.6. The van der Waals surface area contributed by atoms with Gasteiger partial charge in [-0.25, -0.2) is 0 Å². The summed E-state index contributed by atoms with van der Waals surface area (Å²) in [6, 6.07) is 13.5. The molecule has 2 aliphatic rings. The van der Waals surface area contributed by atoms with Gasteiger partial charge in [0.15, 0.2) is 11.5 Å². The second-order valence-electron chi connectivity index (χ2n) is 20.5. The van der Waals surface area contributed by atoms with E-state index >= 15 is 0 Å². The van der Waals surface area contributed by atoms with E-state index in [9.17, 15) is 14.4 Å². The molecule has 0 aromatic heterocycles. The molecule has 4 rings (SSSR count). The molecule has 410 valence electrons. The highest BCUT2D eigenvalue weighted by molar-refractivity contribution is 8.00. The van der Waals surface area contributed by atoms with Gasteiger partial charge in [-0.2, -0.15) is 0 Å². The minimum atomic E-state index is -0.144. The molecule has 0 spiro atoms. The molecule has 2 heterocycles. The van der Waals surface area contributed by atoms with Crippen LogP contribution in [0.4, 0.5) is 5.69 Å². The van der Waals surface area contributed by atoms with E-state index in [0.717, 1.165) is 60.0 Å². The number of unbranched alkanes of at least 4 members (excludes halogenated alkanes) is 30. The van der Waals surface area contributed by atoms with Gasteiger partial charge in [0, 0.05) is 37.2 Å². The molecule has 2 saturated heterocycles. The molecule has 2 aliphatic heterocycles. The van der Waals surface area contributed by atoms with E-state index in [1.165, 1.54) is 200 Å². The number of ether oxygens (including phenoxy) is 2. The molecular weight excluding hydrogens is 935 g/mol. The lowest BCUT2D eigenvalue weighted by molar-refractivity contribution is -0.123. The van der Waals surface area contributed by atoms with Crippen molar-refractivity contribution in [2.75, 3.05) is 44.1 Å². The molecule has 0 bridgehead atoms. The van der Waals surface area contributed by atoms with Crippen LogP contribution in [0.5, 0.6) is 11.5 Å². The predicted molar refractivity (Wildman–Crippen MR) is 310 cm³/mol. The molecule has 0 saturated carbocycles. The fourth-order valence-corrected chi connectivity index (χ4v) is 12.1. The van der Waals surface area contributed by atoms with Crippen LogP contribution >= 0.6 is 23.5 Å². The van der Waals surface area contributed by atoms with E-state index in [2.05, 4.69) is 40.4 Å². The van der Waals surface area contributed by atoms with Gasteiger partial charge in [-0.05, 0) is 48.2 Å². The van der Waals surface area contributed by atoms with Crippen LogP contribution in [0.15, 0.2) is 42.5 Å². The molecule has 5 N–H and O–H groups in total. The lowest BCUT2D eigenvalue weighted by Crippen LogP contribution is -2.42. The van der Waals surface area contributed by atoms with Crippen LogP contribution in [0.3, 0.4) is 0 Å². The number of anilines is 1. The second kappa shape index (κ2) is 42.3. The number of nitrogens with one attached hydrogen (secondary N) is 5. The summed E-state index contributed by atoms with van der Waals surface area (Å²) in [5.41, 5.74) is 3.02. The van der Waals surface area contributed by atoms with Crippen LogP contribution < -0.4 is 36.1 Å². The largest absolute Gasteiger partial charge is 0.493 e. The summed E-state index contributed by atoms with van der Waals surface area (Å²) >= 11 is 3.52. The Bertz CT molecular complexity index is 1680. The third kappa shape index (κ3) is 29.2. The van der Waals surface area contributed by atoms with Gasteiger partial charge in [0.25, 0.3) is 0 Å². The van der Waals surface area contributed by atoms with Crippen molar-refractivity contribution in [3.63, 3.8) is 0 Å². The number of carbonyl (C=O) groups is 3. The topological polar surface area (TPSA) is 130 Å². The van der Waals surface area contributed by atoms with Crippen LogP contribution in [-0.4, -0.2) is 68.6 Å². The molecule has 10 nitrogen and oxygen atoms in total. The molecule has 12 heteroatoms. The summed E-state index contributed by atoms with van der Waals surface area (Å²) in [6.07, 6.45) is 43.6. The standard InChI is InChI=1S/C30H51N3O2S.C30H52N2O3S/c1-3-4-5-6-7-8-9-10-11-12-13-14-15-16-17-18-23-31-29(35)28-24-36-30(33-28)26-19-21-27(22-20-26)32-25(2)34;1-4-5-6-7-8-9-10-11-12-13-14-15-16-17-18-19-22-31-29(33)26-24-36-30(32-26)25-20-21-27(34-2)28(23-25)35-3/h19-22,28,30,33H,3-18,23-24H2,1-2H3,(H,31,35)(H,32,34);20-21,23,26,30,32H,4-19,22,24H2,1-3H3,(H,31,33)/t28-,30?;26-,30?/m01/s1. The minimum absolute atomic E-state index is 0.0720. The number of benzene rings is 2. The number of rotatable bonds is 41. The van der Waals surface area contributed by atoms with Gasteiger partial charge in [0.1, 0.15) is 0 Å². The first-order valence-electron chi connectivity index (χ1n) is 29.2. The van der Waals surface area contributed by atoms with Crippen molar-refractivity contribution < 1.29 is 23.9 Å². The van der Waals surface area contributed by atoms with E-state index in [0.29, 0.717) is 5.75 Å². The molecule has 3 amide bonds. The second-order valence-corrected chi connectivity index (χ2v) is 22.7. The number of carbonyl (C=O) groups excluding carboxylic acids is 3. The van der Waals surface area contributed by atoms with Crippen molar-refractivity contribution in [3.8, 4) is 11.5 Å². The van der Waals surface area contributed by atoms with Crippen molar-refractivity contribution >= 4 is 46.9 Å². The molecule has 0 radical (unpaired) electrons. The Morgan fingerprint density at radius 2 is 0.806 bits per heavy atom. The fourth-order valence-electron chi connectivity index (χ4n) is 9.61. The highest BCUT2D eigenvalue weighted by Gasteiger charge is 2.32. The summed E-state index contributed by atoms with van der Waals surface area (Å²) in [6.45, 7) is 7.62. The number of thioether (sulfide) groups is 2. The molecular formula is C60H103N5O5S2. The Balaban J connectivity index is 0.000000380. The van der Waals surface area contributed by atoms with Gasteiger partial charge in [-0.15, -0.1) is 23.5 Å². The van der Waals surface area contributed by atoms with Gasteiger partial charge in [0.05, 0.1) is 37.1 Å². The lowest BCUT2D eigenvalue weighted by atomic mass is 10.0. The number of amides is 3. The zero-order valence-electron chi connectivity index (χ0n) is 46.2. The molecule has 2 fully saturated rings. The Morgan fingerprint density at radius 3 is 1.15 bits per heavy atom. The fraction of sp³-hybridized carbons (Fsp3) is 0.750. The first-order chi connectivity index (χ1) is 35.3. The number of methoxy groups -OCH3 is 2. The number of hydrogen-bond donors (Lipinski definition) is 5. The highest BCUT2D eigenvalue weighted by atomic mass is 32.2. The number of hydrogen-bond acceptors (Lipinski definition) is 9. The van der Waals surface area contributed by atoms with Gasteiger partial charge in [-0.3, -0.25) is 25.0 Å². The van der Waals surface area contributed by atoms with Crippen molar-refractivity contribution in [1.29, 1.82) is 0 Å². The average Bonchev–Trinajstić information content (AvgIpc) is 4.10. The third-order valence-electron chi connectivity index (χ3n) is 14.1. The highest BCUT2D eigenvalue weighted by Crippen LogP contribution is 2.37. The maximum Gasteiger partial charge on any atom is 0.238 e. The van der Waals surface area contributed by atoms with Crippen LogP contribution in [0.25, 0.3) is 0 Å². The summed E-state index contributed by atoms with van der Waals surface area (Å²) in [7, 11) is 3.28. The van der Waals surface area contributed by atoms with E-state index < -0.39 is 0 Å². The summed E-state index contributed by atoms with van der Waals surface area (Å²) in [4.78, 5) is 36.3. The predicted octanol–water partition coefficient (Wildman–Crippen LogP) is 15.5. The summed E-state index contributed by atoms with van der Waals surface area (Å²) < 4.78 is 10.7. The monoisotopic (exact) mass is 1040 g/mol. The smallest absolute Gasteiger partial charge is 0.238 e. The van der Waals surface area contributed by atoms with E-state index in [-0.39, 0.29) is 40.6 Å². The van der Waals surface area contributed by atoms with Crippen molar-refractivity contribution in [2.45, 2.75) is 249 Å². The van der Waals surface area contributed by atoms with Gasteiger partial charge in [-0.1, -0.05) is 225 Å². The molecule has 2 aromatic carbocycles. The van der Waals surface area contributed by atoms with Crippen molar-refractivity contribution in [1.82, 2.24) is 21.3 Å². The lowest BCUT2D eigenvalue weighted by Gasteiger charge is -2.15. The summed E-state index contributed by atoms with van der Waals surface area (Å²) in [5.74, 6) is 3.16. The van der Waals surface area contributed by atoms with Crippen LogP contribution in [0.1, 0.15) is 248 Å². The Hall–Kier alpha value is -2.93.